The van der Waals surface area contributed by atoms with E-state index >= 15 is 0 Å². The first kappa shape index (κ1) is 20.8. The van der Waals surface area contributed by atoms with Crippen molar-refractivity contribution < 1.29 is 24.1 Å². The maximum atomic E-state index is 12.5. The minimum Gasteiger partial charge on any atom is -0.493 e. The number of rotatable bonds is 5. The van der Waals surface area contributed by atoms with Crippen LogP contribution in [0.1, 0.15) is 57.9 Å². The van der Waals surface area contributed by atoms with E-state index in [1.165, 1.54) is 12.8 Å². The molecule has 6 heteroatoms. The summed E-state index contributed by atoms with van der Waals surface area (Å²) in [6.07, 6.45) is 4.45. The van der Waals surface area contributed by atoms with Gasteiger partial charge in [-0.05, 0) is 64.2 Å². The number of likely N-dealkylation sites (tertiary alicyclic amines) is 1. The molecule has 1 aromatic rings. The molecule has 28 heavy (non-hydrogen) atoms. The largest absolute Gasteiger partial charge is 0.493 e. The van der Waals surface area contributed by atoms with E-state index in [1.807, 2.05) is 39.0 Å². The monoisotopic (exact) mass is 391 g/mol. The molecule has 0 bridgehead atoms. The van der Waals surface area contributed by atoms with E-state index < -0.39 is 5.60 Å². The smallest absolute Gasteiger partial charge is 0.410 e. The highest BCUT2D eigenvalue weighted by Crippen LogP contribution is 2.39. The van der Waals surface area contributed by atoms with E-state index in [9.17, 15) is 9.90 Å². The minimum absolute atomic E-state index is 0.0226. The Bertz CT molecular complexity index is 678. The molecule has 0 aromatic heterocycles. The van der Waals surface area contributed by atoms with E-state index in [0.717, 1.165) is 29.9 Å². The summed E-state index contributed by atoms with van der Waals surface area (Å²) < 4.78 is 17.2. The molecule has 2 fully saturated rings. The van der Waals surface area contributed by atoms with E-state index in [4.69, 9.17) is 14.2 Å². The summed E-state index contributed by atoms with van der Waals surface area (Å²) in [6.45, 7) is 6.61. The quantitative estimate of drug-likeness (QED) is 0.823. The fraction of sp³-hybridized carbons (Fsp3) is 0.682. The second kappa shape index (κ2) is 8.60. The predicted octanol–water partition coefficient (Wildman–Crippen LogP) is 3.96. The Balaban J connectivity index is 1.78. The van der Waals surface area contributed by atoms with Crippen LogP contribution in [0, 0.1) is 5.92 Å². The van der Waals surface area contributed by atoms with E-state index in [1.54, 1.807) is 12.0 Å². The standard InChI is InChI=1S/C22H33NO5/c1-22(2,3)28-21(25)23-12-16(14-24)18(13-23)15-9-10-19(26-4)20(11-15)27-17-7-5-6-8-17/h9-11,16-18,24H,5-8,12-14H2,1-4H3. The second-order valence-corrected chi connectivity index (χ2v) is 8.87. The van der Waals surface area contributed by atoms with Crippen LogP contribution in [0.5, 0.6) is 11.5 Å². The van der Waals surface area contributed by atoms with E-state index in [0.29, 0.717) is 13.1 Å². The molecule has 1 saturated heterocycles. The van der Waals surface area contributed by atoms with Crippen molar-refractivity contribution in [2.75, 3.05) is 26.8 Å². The number of hydrogen-bond acceptors (Lipinski definition) is 5. The molecule has 1 heterocycles. The first-order valence-corrected chi connectivity index (χ1v) is 10.2. The molecule has 1 saturated carbocycles. The lowest BCUT2D eigenvalue weighted by atomic mass is 9.89. The van der Waals surface area contributed by atoms with Gasteiger partial charge in [0.05, 0.1) is 13.2 Å². The maximum absolute atomic E-state index is 12.5. The van der Waals surface area contributed by atoms with E-state index in [2.05, 4.69) is 0 Å². The second-order valence-electron chi connectivity index (χ2n) is 8.87. The average Bonchev–Trinajstić information content (AvgIpc) is 3.29. The van der Waals surface area contributed by atoms with Crippen LogP contribution in [-0.4, -0.2) is 54.6 Å². The van der Waals surface area contributed by atoms with Crippen molar-refractivity contribution in [1.29, 1.82) is 0 Å². The Morgan fingerprint density at radius 1 is 1.18 bits per heavy atom. The normalized spacial score (nSPS) is 23.1. The zero-order chi connectivity index (χ0) is 20.3. The zero-order valence-corrected chi connectivity index (χ0v) is 17.4. The molecule has 1 aromatic carbocycles. The van der Waals surface area contributed by atoms with Crippen molar-refractivity contribution in [2.24, 2.45) is 5.92 Å². The molecule has 0 radical (unpaired) electrons. The van der Waals surface area contributed by atoms with Crippen LogP contribution < -0.4 is 9.47 Å². The number of amides is 1. The molecular weight excluding hydrogens is 358 g/mol. The number of methoxy groups -OCH3 is 1. The number of hydrogen-bond donors (Lipinski definition) is 1. The van der Waals surface area contributed by atoms with Gasteiger partial charge < -0.3 is 24.2 Å². The Labute approximate surface area is 167 Å². The number of benzene rings is 1. The van der Waals surface area contributed by atoms with Crippen molar-refractivity contribution >= 4 is 6.09 Å². The molecule has 6 nitrogen and oxygen atoms in total. The molecule has 1 amide bonds. The summed E-state index contributed by atoms with van der Waals surface area (Å²) in [5.74, 6) is 1.48. The van der Waals surface area contributed by atoms with Crippen molar-refractivity contribution in [2.45, 2.75) is 64.1 Å². The van der Waals surface area contributed by atoms with Crippen LogP contribution in [0.4, 0.5) is 4.79 Å². The molecule has 1 aliphatic carbocycles. The van der Waals surface area contributed by atoms with Gasteiger partial charge in [0.25, 0.3) is 0 Å². The fourth-order valence-corrected chi connectivity index (χ4v) is 4.11. The fourth-order valence-electron chi connectivity index (χ4n) is 4.11. The van der Waals surface area contributed by atoms with Gasteiger partial charge in [-0.2, -0.15) is 0 Å². The van der Waals surface area contributed by atoms with E-state index in [-0.39, 0.29) is 30.6 Å². The lowest BCUT2D eigenvalue weighted by molar-refractivity contribution is 0.0283. The Hall–Kier alpha value is -1.95. The number of carbonyl (C=O) groups excluding carboxylic acids is 1. The summed E-state index contributed by atoms with van der Waals surface area (Å²) in [5.41, 5.74) is 0.519. The summed E-state index contributed by atoms with van der Waals surface area (Å²) in [4.78, 5) is 14.2. The molecular formula is C22H33NO5. The third-order valence-electron chi connectivity index (χ3n) is 5.54. The highest BCUT2D eigenvalue weighted by molar-refractivity contribution is 5.69. The van der Waals surface area contributed by atoms with Gasteiger partial charge >= 0.3 is 6.09 Å². The van der Waals surface area contributed by atoms with Gasteiger partial charge in [-0.1, -0.05) is 6.07 Å². The number of carbonyl (C=O) groups is 1. The molecule has 2 atom stereocenters. The van der Waals surface area contributed by atoms with Gasteiger partial charge in [-0.25, -0.2) is 4.79 Å². The van der Waals surface area contributed by atoms with Crippen molar-refractivity contribution in [1.82, 2.24) is 4.90 Å². The van der Waals surface area contributed by atoms with Crippen LogP contribution in [0.2, 0.25) is 0 Å². The molecule has 2 aliphatic rings. The van der Waals surface area contributed by atoms with Crippen molar-refractivity contribution in [3.63, 3.8) is 0 Å². The van der Waals surface area contributed by atoms with Gasteiger partial charge in [-0.3, -0.25) is 0 Å². The minimum atomic E-state index is -0.535. The van der Waals surface area contributed by atoms with Gasteiger partial charge in [0.1, 0.15) is 5.60 Å². The third-order valence-corrected chi connectivity index (χ3v) is 5.54. The third kappa shape index (κ3) is 4.90. The number of aliphatic hydroxyl groups excluding tert-OH is 1. The summed E-state index contributed by atoms with van der Waals surface area (Å²) >= 11 is 0. The summed E-state index contributed by atoms with van der Waals surface area (Å²) in [5, 5.41) is 9.90. The molecule has 1 N–H and O–H groups in total. The summed E-state index contributed by atoms with van der Waals surface area (Å²) in [6, 6.07) is 5.94. The number of ether oxygens (including phenoxy) is 3. The van der Waals surface area contributed by atoms with Crippen LogP contribution in [0.15, 0.2) is 18.2 Å². The number of aliphatic hydroxyl groups is 1. The van der Waals surface area contributed by atoms with Crippen LogP contribution in [0.25, 0.3) is 0 Å². The lowest BCUT2D eigenvalue weighted by Gasteiger charge is -2.24. The molecule has 0 spiro atoms. The summed E-state index contributed by atoms with van der Waals surface area (Å²) in [7, 11) is 1.65. The molecule has 2 unspecified atom stereocenters. The van der Waals surface area contributed by atoms with Crippen molar-refractivity contribution in [3.05, 3.63) is 23.8 Å². The lowest BCUT2D eigenvalue weighted by Crippen LogP contribution is -2.35. The van der Waals surface area contributed by atoms with Gasteiger partial charge in [-0.15, -0.1) is 0 Å². The van der Waals surface area contributed by atoms with Gasteiger partial charge in [0.2, 0.25) is 0 Å². The first-order chi connectivity index (χ1) is 13.3. The van der Waals surface area contributed by atoms with Crippen LogP contribution in [0.3, 0.4) is 0 Å². The maximum Gasteiger partial charge on any atom is 0.410 e. The van der Waals surface area contributed by atoms with Gasteiger partial charge in [0.15, 0.2) is 11.5 Å². The topological polar surface area (TPSA) is 68.2 Å². The predicted molar refractivity (Wildman–Crippen MR) is 107 cm³/mol. The molecule has 3 rings (SSSR count). The SMILES string of the molecule is COc1ccc(C2CN(C(=O)OC(C)(C)C)CC2CO)cc1OC1CCCC1. The molecule has 1 aliphatic heterocycles. The highest BCUT2D eigenvalue weighted by Gasteiger charge is 2.38. The first-order valence-electron chi connectivity index (χ1n) is 10.2. The average molecular weight is 392 g/mol. The Morgan fingerprint density at radius 2 is 1.89 bits per heavy atom. The van der Waals surface area contributed by atoms with Crippen LogP contribution in [-0.2, 0) is 4.74 Å². The Morgan fingerprint density at radius 3 is 2.50 bits per heavy atom. The van der Waals surface area contributed by atoms with Crippen molar-refractivity contribution in [3.8, 4) is 11.5 Å². The highest BCUT2D eigenvalue weighted by atomic mass is 16.6. The number of nitrogens with zero attached hydrogens (tertiary/aromatic N) is 1. The van der Waals surface area contributed by atoms with Gasteiger partial charge in [0, 0.05) is 31.5 Å². The Kier molecular flexibility index (Phi) is 6.38. The zero-order valence-electron chi connectivity index (χ0n) is 17.4. The molecule has 156 valence electrons. The van der Waals surface area contributed by atoms with Crippen LogP contribution >= 0.6 is 0 Å².